The summed E-state index contributed by atoms with van der Waals surface area (Å²) in [5.41, 5.74) is -1.94. The van der Waals surface area contributed by atoms with Crippen LogP contribution in [0.1, 0.15) is 135 Å². The third kappa shape index (κ3) is 13.0. The number of carbonyl (C=O) groups excluding carboxylic acids is 2. The van der Waals surface area contributed by atoms with Gasteiger partial charge in [-0.2, -0.15) is 26.3 Å². The van der Waals surface area contributed by atoms with Gasteiger partial charge in [-0.3, -0.25) is 29.4 Å². The summed E-state index contributed by atoms with van der Waals surface area (Å²) >= 11 is 0. The van der Waals surface area contributed by atoms with Gasteiger partial charge < -0.3 is 9.47 Å². The Bertz CT molecular complexity index is 3010. The van der Waals surface area contributed by atoms with Gasteiger partial charge in [-0.05, 0) is 155 Å². The Balaban J connectivity index is 0.771. The topological polar surface area (TPSA) is 177 Å². The molecule has 2 atom stereocenters. The van der Waals surface area contributed by atoms with Crippen molar-refractivity contribution >= 4 is 31.9 Å². The van der Waals surface area contributed by atoms with Crippen LogP contribution in [-0.4, -0.2) is 99.3 Å². The molecule has 2 N–H and O–H groups in total. The van der Waals surface area contributed by atoms with Gasteiger partial charge in [-0.25, -0.2) is 35.1 Å². The molecule has 2 aromatic heterocycles. The van der Waals surface area contributed by atoms with E-state index in [-0.39, 0.29) is 84.8 Å². The largest absolute Gasteiger partial charge is 0.493 e. The van der Waals surface area contributed by atoms with E-state index in [0.717, 1.165) is 56.2 Å². The number of alkyl halides is 6. The van der Waals surface area contributed by atoms with Gasteiger partial charge >= 0.3 is 12.4 Å². The van der Waals surface area contributed by atoms with Crippen LogP contribution in [0.4, 0.5) is 35.1 Å². The second-order valence-corrected chi connectivity index (χ2v) is 23.8. The fraction of sp³-hybridized carbons (Fsp3) is 0.520. The molecule has 4 aromatic rings. The van der Waals surface area contributed by atoms with E-state index < -0.39 is 89.3 Å². The van der Waals surface area contributed by atoms with Crippen molar-refractivity contribution < 1.29 is 71.0 Å². The minimum absolute atomic E-state index is 0.00801. The van der Waals surface area contributed by atoms with E-state index in [1.807, 2.05) is 14.5 Å². The van der Waals surface area contributed by atoms with Crippen LogP contribution in [0.2, 0.25) is 0 Å². The van der Waals surface area contributed by atoms with E-state index >= 15 is 8.78 Å². The first-order valence-electron chi connectivity index (χ1n) is 24.4. The molecule has 2 aliphatic heterocycles. The highest BCUT2D eigenvalue weighted by atomic mass is 32.2. The predicted molar refractivity (Wildman–Crippen MR) is 252 cm³/mol. The van der Waals surface area contributed by atoms with Crippen molar-refractivity contribution in [3.05, 3.63) is 117 Å². The maximum absolute atomic E-state index is 15.6. The summed E-state index contributed by atoms with van der Waals surface area (Å²) in [6.07, 6.45) is -0.869. The molecule has 5 fully saturated rings. The third-order valence-corrected chi connectivity index (χ3v) is 16.7. The summed E-state index contributed by atoms with van der Waals surface area (Å²) in [6, 6.07) is 7.82. The molecule has 3 aliphatic carbocycles. The van der Waals surface area contributed by atoms with Crippen molar-refractivity contribution in [3.63, 3.8) is 0 Å². The van der Waals surface area contributed by atoms with Crippen molar-refractivity contribution in [2.45, 2.75) is 106 Å². The minimum Gasteiger partial charge on any atom is -0.493 e. The standard InChI is InChI=1S/C50H54F8N6O8S2/c1-73(67,68)61-47(65)36-18-33(30-4-5-30)44(21-40(36)51)71-27-29-10-15-64(16-11-29)25-43-39(50(56,57)58)17-32(23-60-43)35-20-46(35)74(69,70)62-48(66)37-19-34(31-6-7-31)45(22-41(37)52)72-26-28-8-13-63(14-9-28)24-42-38(49(53,54)55)3-2-12-59-42/h2-3,12,17-19,21-23,28-31,35,46H,4-11,13-16,20,24-27H2,1H3,(H,61,65)(H,62,66). The highest BCUT2D eigenvalue weighted by Gasteiger charge is 2.50. The van der Waals surface area contributed by atoms with Gasteiger partial charge in [0.2, 0.25) is 20.0 Å². The zero-order valence-corrected chi connectivity index (χ0v) is 41.7. The average molecular weight is 1080 g/mol. The highest BCUT2D eigenvalue weighted by Crippen LogP contribution is 2.49. The number of aromatic nitrogens is 2. The number of benzene rings is 2. The van der Waals surface area contributed by atoms with Crippen LogP contribution in [0.3, 0.4) is 0 Å². The molecule has 0 bridgehead atoms. The number of nitrogens with zero attached hydrogens (tertiary/aromatic N) is 4. The zero-order chi connectivity index (χ0) is 52.9. The van der Waals surface area contributed by atoms with Crippen molar-refractivity contribution in [1.82, 2.24) is 29.2 Å². The number of carbonyl (C=O) groups is 2. The number of sulfonamides is 2. The smallest absolute Gasteiger partial charge is 0.418 e. The molecule has 3 saturated carbocycles. The van der Waals surface area contributed by atoms with Crippen LogP contribution in [0, 0.1) is 23.5 Å². The molecule has 24 heteroatoms. The van der Waals surface area contributed by atoms with Crippen molar-refractivity contribution in [1.29, 1.82) is 0 Å². The van der Waals surface area contributed by atoms with Gasteiger partial charge in [0, 0.05) is 43.5 Å². The Labute approximate surface area is 422 Å². The van der Waals surface area contributed by atoms with Gasteiger partial charge in [-0.15, -0.1) is 0 Å². The molecule has 0 spiro atoms. The Morgan fingerprint density at radius 3 is 1.59 bits per heavy atom. The summed E-state index contributed by atoms with van der Waals surface area (Å²) in [7, 11) is -8.43. The first kappa shape index (κ1) is 53.4. The summed E-state index contributed by atoms with van der Waals surface area (Å²) in [6.45, 7) is 2.00. The lowest BCUT2D eigenvalue weighted by Crippen LogP contribution is -2.36. The number of pyridine rings is 2. The molecular weight excluding hydrogens is 1030 g/mol. The molecule has 9 rings (SSSR count). The SMILES string of the molecule is CS(=O)(=O)NC(=O)c1cc(C2CC2)c(OCC2CCN(Cc3ncc(C4CC4S(=O)(=O)NC(=O)c4cc(C5CC5)c(OCC5CCN(Cc6ncccc6C(F)(F)F)CC5)cc4F)cc3C(F)(F)F)CC2)cc1F. The molecule has 14 nitrogen and oxygen atoms in total. The monoisotopic (exact) mass is 1080 g/mol. The van der Waals surface area contributed by atoms with Crippen molar-refractivity contribution in [3.8, 4) is 11.5 Å². The summed E-state index contributed by atoms with van der Waals surface area (Å²) in [5, 5.41) is -1.29. The quantitative estimate of drug-likeness (QED) is 0.0911. The van der Waals surface area contributed by atoms with Crippen LogP contribution in [0.25, 0.3) is 0 Å². The van der Waals surface area contributed by atoms with E-state index in [0.29, 0.717) is 63.0 Å². The second kappa shape index (κ2) is 20.9. The first-order valence-corrected chi connectivity index (χ1v) is 27.9. The normalized spacial score (nSPS) is 20.6. The highest BCUT2D eigenvalue weighted by molar-refractivity contribution is 7.91. The predicted octanol–water partition coefficient (Wildman–Crippen LogP) is 8.43. The fourth-order valence-corrected chi connectivity index (χ4v) is 11.9. The van der Waals surface area contributed by atoms with Crippen LogP contribution in [0.5, 0.6) is 11.5 Å². The Morgan fingerprint density at radius 1 is 0.662 bits per heavy atom. The lowest BCUT2D eigenvalue weighted by atomic mass is 9.97. The van der Waals surface area contributed by atoms with Gasteiger partial charge in [0.1, 0.15) is 23.1 Å². The number of piperidine rings is 2. The summed E-state index contributed by atoms with van der Waals surface area (Å²) < 4.78 is 181. The third-order valence-electron chi connectivity index (χ3n) is 14.4. The molecule has 74 heavy (non-hydrogen) atoms. The number of halogens is 8. The van der Waals surface area contributed by atoms with Crippen molar-refractivity contribution in [2.24, 2.45) is 11.8 Å². The summed E-state index contributed by atoms with van der Waals surface area (Å²) in [4.78, 5) is 37.6. The molecular formula is C50H54F8N6O8S2. The van der Waals surface area contributed by atoms with Crippen LogP contribution in [-0.2, 0) is 45.5 Å². The van der Waals surface area contributed by atoms with Crippen LogP contribution < -0.4 is 18.9 Å². The maximum Gasteiger partial charge on any atom is 0.418 e. The number of ether oxygens (including phenoxy) is 2. The van der Waals surface area contributed by atoms with Gasteiger partial charge in [0.05, 0.1) is 58.4 Å². The van der Waals surface area contributed by atoms with Gasteiger partial charge in [-0.1, -0.05) is 0 Å². The molecule has 2 aromatic carbocycles. The average Bonchev–Trinajstić information content (AvgIpc) is 4.15. The minimum atomic E-state index is -4.84. The molecule has 400 valence electrons. The Kier molecular flexibility index (Phi) is 15.1. The van der Waals surface area contributed by atoms with Crippen LogP contribution >= 0.6 is 0 Å². The second-order valence-electron chi connectivity index (χ2n) is 20.2. The maximum atomic E-state index is 15.6. The molecule has 2 amide bonds. The van der Waals surface area contributed by atoms with E-state index in [9.17, 15) is 52.8 Å². The van der Waals surface area contributed by atoms with Crippen molar-refractivity contribution in [2.75, 3.05) is 45.6 Å². The number of hydrogen-bond acceptors (Lipinski definition) is 12. The first-order chi connectivity index (χ1) is 34.9. The van der Waals surface area contributed by atoms with Crippen LogP contribution in [0.15, 0.2) is 54.9 Å². The zero-order valence-electron chi connectivity index (χ0n) is 40.1. The van der Waals surface area contributed by atoms with E-state index in [1.54, 1.807) is 4.72 Å². The van der Waals surface area contributed by atoms with E-state index in [1.165, 1.54) is 30.6 Å². The molecule has 5 aliphatic rings. The lowest BCUT2D eigenvalue weighted by molar-refractivity contribution is -0.139. The number of hydrogen-bond donors (Lipinski definition) is 2. The molecule has 2 unspecified atom stereocenters. The molecule has 4 heterocycles. The number of likely N-dealkylation sites (tertiary alicyclic amines) is 2. The molecule has 0 radical (unpaired) electrons. The van der Waals surface area contributed by atoms with E-state index in [2.05, 4.69) is 9.97 Å². The Morgan fingerprint density at radius 2 is 1.14 bits per heavy atom. The number of rotatable bonds is 18. The van der Waals surface area contributed by atoms with E-state index in [4.69, 9.17) is 9.47 Å². The lowest BCUT2D eigenvalue weighted by Gasteiger charge is -2.32. The van der Waals surface area contributed by atoms with Gasteiger partial charge in [0.25, 0.3) is 11.8 Å². The number of nitrogens with one attached hydrogen (secondary N) is 2. The molecule has 2 saturated heterocycles. The number of amides is 2. The fourth-order valence-electron chi connectivity index (χ4n) is 9.88. The Hall–Kier alpha value is -5.46. The van der Waals surface area contributed by atoms with Gasteiger partial charge in [0.15, 0.2) is 0 Å². The summed E-state index contributed by atoms with van der Waals surface area (Å²) in [5.74, 6) is -4.85.